The minimum atomic E-state index is -5.39. The molecule has 0 aliphatic carbocycles. The van der Waals surface area contributed by atoms with Crippen LogP contribution in [0.5, 0.6) is 0 Å². The summed E-state index contributed by atoms with van der Waals surface area (Å²) < 4.78 is 8.55. The van der Waals surface area contributed by atoms with Crippen LogP contribution in [0.15, 0.2) is 0 Å². The fourth-order valence-corrected chi connectivity index (χ4v) is 0. The topological polar surface area (TPSA) is 149 Å². The summed E-state index contributed by atoms with van der Waals surface area (Å²) in [5.74, 6) is 0. The Morgan fingerprint density at radius 3 is 1.00 bits per heavy atom. The molecule has 0 atom stereocenters. The van der Waals surface area contributed by atoms with Gasteiger partial charge in [-0.05, 0) is 6.16 Å². The summed E-state index contributed by atoms with van der Waals surface area (Å²) in [6.45, 7) is 0. The van der Waals surface area contributed by atoms with Crippen molar-refractivity contribution in [3.8, 4) is 0 Å². The predicted octanol–water partition coefficient (Wildman–Crippen LogP) is -5.27. The van der Waals surface area contributed by atoms with E-state index < -0.39 is 14.0 Å². The molecule has 0 radical (unpaired) electrons. The summed E-state index contributed by atoms with van der Waals surface area (Å²) in [6.07, 6.45) is -2.33. The van der Waals surface area contributed by atoms with Crippen LogP contribution in [0.2, 0.25) is 0 Å². The van der Waals surface area contributed by atoms with E-state index in [-0.39, 0.29) is 82.6 Å². The summed E-state index contributed by atoms with van der Waals surface area (Å²) >= 11 is 0. The largest absolute Gasteiger partial charge is 3.00 e. The zero-order valence-corrected chi connectivity index (χ0v) is 13.3. The smallest absolute Gasteiger partial charge is 0.822 e. The average Bonchev–Trinajstić information content (AvgIpc) is 1.19. The van der Waals surface area contributed by atoms with E-state index in [0.717, 1.165) is 0 Å². The number of carboxylic acid groups (broad SMARTS) is 2. The molecule has 0 aliphatic heterocycles. The molecule has 0 heterocycles. The fraction of sp³-hybridized carbons (Fsp3) is 0. The van der Waals surface area contributed by atoms with Crippen molar-refractivity contribution >= 4 is 14.0 Å². The van der Waals surface area contributed by atoms with Crippen LogP contribution in [0.1, 0.15) is 0 Å². The Bertz CT molecular complexity index is 116. The van der Waals surface area contributed by atoms with Crippen LogP contribution < -0.4 is 24.9 Å². The van der Waals surface area contributed by atoms with Crippen molar-refractivity contribution in [3.05, 3.63) is 0 Å². The Labute approximate surface area is 128 Å². The summed E-state index contributed by atoms with van der Waals surface area (Å²) in [4.78, 5) is 34.0. The van der Waals surface area contributed by atoms with Crippen molar-refractivity contribution in [1.82, 2.24) is 0 Å². The molecule has 0 unspecified atom stereocenters. The molecule has 56 valence electrons. The molecule has 0 aromatic carbocycles. The maximum Gasteiger partial charge on any atom is 3.00 e. The van der Waals surface area contributed by atoms with Gasteiger partial charge in [0.15, 0.2) is 0 Å². The molecule has 0 aromatic rings. The third-order valence-corrected chi connectivity index (χ3v) is 0. The van der Waals surface area contributed by atoms with Crippen molar-refractivity contribution in [2.24, 2.45) is 0 Å². The van der Waals surface area contributed by atoms with Crippen LogP contribution in [-0.2, 0) is 4.57 Å². The SMILES string of the molecule is O=C([O-])[O-].O=P([O-])([O-])[O-].[Pr+3].[Pr+3]. The third-order valence-electron chi connectivity index (χ3n) is 0. The van der Waals surface area contributed by atoms with E-state index in [1.165, 1.54) is 0 Å². The van der Waals surface area contributed by atoms with E-state index in [0.29, 0.717) is 0 Å². The van der Waals surface area contributed by atoms with E-state index in [1.807, 2.05) is 0 Å². The molecule has 0 N–H and O–H groups in total. The summed E-state index contributed by atoms with van der Waals surface area (Å²) in [5, 5.41) is 16.7. The van der Waals surface area contributed by atoms with E-state index in [1.54, 1.807) is 0 Å². The number of hydrogen-bond donors (Lipinski definition) is 0. The monoisotopic (exact) mass is 437 g/mol. The van der Waals surface area contributed by atoms with Gasteiger partial charge in [-0.2, -0.15) is 7.82 Å². The van der Waals surface area contributed by atoms with Gasteiger partial charge in [0.25, 0.3) is 0 Å². The van der Waals surface area contributed by atoms with Crippen molar-refractivity contribution in [2.45, 2.75) is 0 Å². The van der Waals surface area contributed by atoms with Gasteiger partial charge in [-0.3, -0.25) is 0 Å². The average molecular weight is 437 g/mol. The van der Waals surface area contributed by atoms with Gasteiger partial charge in [0, 0.05) is 0 Å². The molecule has 10 heteroatoms. The van der Waals surface area contributed by atoms with Gasteiger partial charge in [0.05, 0.1) is 0 Å². The van der Waals surface area contributed by atoms with Crippen molar-refractivity contribution < 1.29 is 117 Å². The second-order valence-corrected chi connectivity index (χ2v) is 1.59. The number of carbonyl (C=O) groups is 1. The molecular formula is CO7PPr2+. The molecule has 0 aromatic heterocycles. The van der Waals surface area contributed by atoms with Crippen molar-refractivity contribution in [3.63, 3.8) is 0 Å². The summed E-state index contributed by atoms with van der Waals surface area (Å²) in [6, 6.07) is 0. The van der Waals surface area contributed by atoms with Gasteiger partial charge in [0.2, 0.25) is 0 Å². The number of hydrogen-bond acceptors (Lipinski definition) is 7. The molecule has 7 nitrogen and oxygen atoms in total. The first-order valence-electron chi connectivity index (χ1n) is 1.34. The van der Waals surface area contributed by atoms with E-state index >= 15 is 0 Å². The molecule has 0 saturated heterocycles. The molecule has 0 aliphatic rings. The second-order valence-electron chi connectivity index (χ2n) is 0.697. The minimum Gasteiger partial charge on any atom is -0.822 e. The van der Waals surface area contributed by atoms with Gasteiger partial charge >= 0.3 is 82.6 Å². The van der Waals surface area contributed by atoms with Gasteiger partial charge in [-0.1, -0.05) is 0 Å². The van der Waals surface area contributed by atoms with Crippen LogP contribution >= 0.6 is 7.82 Å². The zero-order chi connectivity index (χ0) is 8.08. The first-order chi connectivity index (χ1) is 3.73. The molecule has 0 rings (SSSR count). The van der Waals surface area contributed by atoms with Crippen LogP contribution in [0.3, 0.4) is 0 Å². The van der Waals surface area contributed by atoms with E-state index in [2.05, 4.69) is 0 Å². The van der Waals surface area contributed by atoms with Crippen molar-refractivity contribution in [2.75, 3.05) is 0 Å². The quantitative estimate of drug-likeness (QED) is 0.344. The first kappa shape index (κ1) is 23.2. The Hall–Kier alpha value is 2.11. The second kappa shape index (κ2) is 12.1. The number of carbonyl (C=O) groups excluding carboxylic acids is 1. The normalized spacial score (nSPS) is 7.55. The minimum absolute atomic E-state index is 0. The first-order valence-corrected chi connectivity index (χ1v) is 2.80. The van der Waals surface area contributed by atoms with Crippen LogP contribution in [0.25, 0.3) is 0 Å². The van der Waals surface area contributed by atoms with E-state index in [4.69, 9.17) is 34.3 Å². The third kappa shape index (κ3) is 279. The molecule has 0 fully saturated rings. The Kier molecular flexibility index (Phi) is 25.5. The Morgan fingerprint density at radius 1 is 1.00 bits per heavy atom. The maximum atomic E-state index is 8.55. The Morgan fingerprint density at radius 2 is 1.00 bits per heavy atom. The van der Waals surface area contributed by atoms with Crippen LogP contribution in [0.4, 0.5) is 4.79 Å². The molecular weight excluding hydrogens is 437 g/mol. The number of rotatable bonds is 0. The zero-order valence-electron chi connectivity index (χ0n) is 4.96. The Balaban J connectivity index is -0.0000000383. The van der Waals surface area contributed by atoms with Crippen molar-refractivity contribution in [1.29, 1.82) is 0 Å². The van der Waals surface area contributed by atoms with Gasteiger partial charge in [-0.25, -0.2) is 0 Å². The maximum absolute atomic E-state index is 8.55. The molecule has 0 saturated carbocycles. The standard InChI is InChI=1S/CH2O3.H3O4P.2Pr/c2-1(3)4;1-5(2,3)4;;/h(H2,2,3,4);(H3,1,2,3,4);;/q;;2*+3/p-5. The van der Waals surface area contributed by atoms with Crippen LogP contribution in [0, 0.1) is 82.6 Å². The van der Waals surface area contributed by atoms with Gasteiger partial charge < -0.3 is 34.3 Å². The molecule has 0 amide bonds. The van der Waals surface area contributed by atoms with Gasteiger partial charge in [0.1, 0.15) is 0 Å². The summed E-state index contributed by atoms with van der Waals surface area (Å²) in [5.41, 5.74) is 0. The fourth-order valence-electron chi connectivity index (χ4n) is 0. The molecule has 11 heavy (non-hydrogen) atoms. The molecule has 0 bridgehead atoms. The molecule has 0 spiro atoms. The van der Waals surface area contributed by atoms with Crippen LogP contribution in [-0.4, -0.2) is 6.16 Å². The number of phosphoric acid groups is 1. The predicted molar refractivity (Wildman–Crippen MR) is 13.0 cm³/mol. The summed E-state index contributed by atoms with van der Waals surface area (Å²) in [7, 11) is -5.39. The van der Waals surface area contributed by atoms with Gasteiger partial charge in [-0.15, -0.1) is 0 Å². The van der Waals surface area contributed by atoms with E-state index in [9.17, 15) is 0 Å².